The number of nitrogens with one attached hydrogen (secondary N) is 1. The Labute approximate surface area is 105 Å². The highest BCUT2D eigenvalue weighted by atomic mass is 16.3. The van der Waals surface area contributed by atoms with Gasteiger partial charge in [0.25, 0.3) is 0 Å². The van der Waals surface area contributed by atoms with Gasteiger partial charge in [-0.15, -0.1) is 0 Å². The predicted molar refractivity (Wildman–Crippen MR) is 71.9 cm³/mol. The van der Waals surface area contributed by atoms with E-state index in [2.05, 4.69) is 31.4 Å². The molecule has 0 aliphatic rings. The first-order valence-electron chi connectivity index (χ1n) is 6.63. The number of nitrogens with zero attached hydrogens (tertiary/aromatic N) is 1. The summed E-state index contributed by atoms with van der Waals surface area (Å²) in [5, 5.41) is 13.8. The Balaban J connectivity index is 2.36. The Morgan fingerprint density at radius 3 is 2.41 bits per heavy atom. The molecule has 3 heteroatoms. The zero-order valence-corrected chi connectivity index (χ0v) is 11.4. The summed E-state index contributed by atoms with van der Waals surface area (Å²) in [6.07, 6.45) is 7.96. The van der Waals surface area contributed by atoms with Gasteiger partial charge < -0.3 is 15.0 Å². The molecule has 1 rings (SSSR count). The van der Waals surface area contributed by atoms with E-state index in [9.17, 15) is 5.11 Å². The van der Waals surface area contributed by atoms with Gasteiger partial charge in [-0.1, -0.05) is 26.7 Å². The third kappa shape index (κ3) is 4.92. The first-order chi connectivity index (χ1) is 8.09. The molecule has 1 aromatic heterocycles. The molecule has 17 heavy (non-hydrogen) atoms. The number of aryl methyl sites for hydroxylation is 1. The van der Waals surface area contributed by atoms with Crippen molar-refractivity contribution in [3.05, 3.63) is 24.0 Å². The molecular formula is C14H26N2O. The second kappa shape index (κ2) is 6.82. The van der Waals surface area contributed by atoms with Gasteiger partial charge in [0.15, 0.2) is 0 Å². The zero-order chi connectivity index (χ0) is 12.7. The van der Waals surface area contributed by atoms with Crippen LogP contribution in [0.25, 0.3) is 0 Å². The quantitative estimate of drug-likeness (QED) is 0.730. The minimum absolute atomic E-state index is 0.529. The average Bonchev–Trinajstić information content (AvgIpc) is 2.65. The average molecular weight is 238 g/mol. The third-order valence-electron chi connectivity index (χ3n) is 3.11. The molecule has 0 atom stereocenters. The summed E-state index contributed by atoms with van der Waals surface area (Å²) in [7, 11) is 2.02. The Kier molecular flexibility index (Phi) is 5.72. The van der Waals surface area contributed by atoms with Gasteiger partial charge in [-0.2, -0.15) is 0 Å². The van der Waals surface area contributed by atoms with Crippen LogP contribution < -0.4 is 5.32 Å². The van der Waals surface area contributed by atoms with Crippen LogP contribution >= 0.6 is 0 Å². The lowest BCUT2D eigenvalue weighted by molar-refractivity contribution is 0.0215. The smallest absolute Gasteiger partial charge is 0.0771 e. The highest BCUT2D eigenvalue weighted by molar-refractivity contribution is 5.09. The zero-order valence-electron chi connectivity index (χ0n) is 11.4. The van der Waals surface area contributed by atoms with Crippen LogP contribution in [0.3, 0.4) is 0 Å². The highest BCUT2D eigenvalue weighted by Gasteiger charge is 2.23. The van der Waals surface area contributed by atoms with E-state index >= 15 is 0 Å². The molecule has 0 aliphatic carbocycles. The standard InChI is InChI=1S/C14H26N2O/c1-4-7-14(17,8-5-2)12-15-10-13-6-9-16(3)11-13/h6,9,11,15,17H,4-5,7-8,10,12H2,1-3H3. The van der Waals surface area contributed by atoms with Crippen LogP contribution in [0.5, 0.6) is 0 Å². The molecule has 1 heterocycles. The summed E-state index contributed by atoms with van der Waals surface area (Å²) in [6.45, 7) is 5.76. The summed E-state index contributed by atoms with van der Waals surface area (Å²) in [4.78, 5) is 0. The first kappa shape index (κ1) is 14.3. The molecule has 0 saturated heterocycles. The molecule has 1 aromatic rings. The van der Waals surface area contributed by atoms with Crippen molar-refractivity contribution >= 4 is 0 Å². The van der Waals surface area contributed by atoms with Crippen LogP contribution in [-0.4, -0.2) is 21.8 Å². The fraction of sp³-hybridized carbons (Fsp3) is 0.714. The maximum absolute atomic E-state index is 10.4. The summed E-state index contributed by atoms with van der Waals surface area (Å²) < 4.78 is 2.04. The molecule has 0 aromatic carbocycles. The maximum Gasteiger partial charge on any atom is 0.0771 e. The van der Waals surface area contributed by atoms with Gasteiger partial charge in [-0.05, 0) is 24.5 Å². The van der Waals surface area contributed by atoms with Gasteiger partial charge in [0.1, 0.15) is 0 Å². The minimum Gasteiger partial charge on any atom is -0.389 e. The molecule has 2 N–H and O–H groups in total. The van der Waals surface area contributed by atoms with Crippen LogP contribution in [0.15, 0.2) is 18.5 Å². The second-order valence-electron chi connectivity index (χ2n) is 5.01. The fourth-order valence-electron chi connectivity index (χ4n) is 2.34. The first-order valence-corrected chi connectivity index (χ1v) is 6.63. The van der Waals surface area contributed by atoms with Crippen LogP contribution in [0.4, 0.5) is 0 Å². The summed E-state index contributed by atoms with van der Waals surface area (Å²) in [6, 6.07) is 2.10. The lowest BCUT2D eigenvalue weighted by Gasteiger charge is -2.27. The van der Waals surface area contributed by atoms with Crippen molar-refractivity contribution in [2.45, 2.75) is 51.7 Å². The van der Waals surface area contributed by atoms with Crippen molar-refractivity contribution in [3.63, 3.8) is 0 Å². The molecule has 0 fully saturated rings. The van der Waals surface area contributed by atoms with Gasteiger partial charge >= 0.3 is 0 Å². The summed E-state index contributed by atoms with van der Waals surface area (Å²) >= 11 is 0. The van der Waals surface area contributed by atoms with E-state index in [-0.39, 0.29) is 0 Å². The largest absolute Gasteiger partial charge is 0.389 e. The number of aliphatic hydroxyl groups is 1. The summed E-state index contributed by atoms with van der Waals surface area (Å²) in [5.41, 5.74) is 0.737. The molecule has 0 unspecified atom stereocenters. The van der Waals surface area contributed by atoms with Gasteiger partial charge in [0.2, 0.25) is 0 Å². The number of hydrogen-bond acceptors (Lipinski definition) is 2. The van der Waals surface area contributed by atoms with Crippen LogP contribution in [0.1, 0.15) is 45.1 Å². The van der Waals surface area contributed by atoms with Gasteiger partial charge in [-0.3, -0.25) is 0 Å². The van der Waals surface area contributed by atoms with Crippen LogP contribution in [0, 0.1) is 0 Å². The van der Waals surface area contributed by atoms with Gasteiger partial charge in [0, 0.05) is 32.5 Å². The van der Waals surface area contributed by atoms with Crippen molar-refractivity contribution in [1.82, 2.24) is 9.88 Å². The SMILES string of the molecule is CCCC(O)(CCC)CNCc1ccn(C)c1. The van der Waals surface area contributed by atoms with Crippen molar-refractivity contribution in [1.29, 1.82) is 0 Å². The van der Waals surface area contributed by atoms with Crippen molar-refractivity contribution in [2.24, 2.45) is 7.05 Å². The van der Waals surface area contributed by atoms with E-state index in [0.717, 1.165) is 32.2 Å². The van der Waals surface area contributed by atoms with Crippen LogP contribution in [-0.2, 0) is 13.6 Å². The normalized spacial score (nSPS) is 12.0. The lowest BCUT2D eigenvalue weighted by Crippen LogP contribution is -2.40. The maximum atomic E-state index is 10.4. The Hall–Kier alpha value is -0.800. The molecule has 0 amide bonds. The van der Waals surface area contributed by atoms with Gasteiger partial charge in [0.05, 0.1) is 5.60 Å². The highest BCUT2D eigenvalue weighted by Crippen LogP contribution is 2.18. The molecular weight excluding hydrogens is 212 g/mol. The van der Waals surface area contributed by atoms with Crippen molar-refractivity contribution < 1.29 is 5.11 Å². The van der Waals surface area contributed by atoms with Gasteiger partial charge in [-0.25, -0.2) is 0 Å². The molecule has 0 aliphatic heterocycles. The van der Waals surface area contributed by atoms with E-state index < -0.39 is 5.60 Å². The predicted octanol–water partition coefficient (Wildman–Crippen LogP) is 2.45. The minimum atomic E-state index is -0.529. The second-order valence-corrected chi connectivity index (χ2v) is 5.01. The van der Waals surface area contributed by atoms with E-state index in [0.29, 0.717) is 6.54 Å². The molecule has 0 bridgehead atoms. The molecule has 0 saturated carbocycles. The third-order valence-corrected chi connectivity index (χ3v) is 3.11. The Bertz CT molecular complexity index is 314. The molecule has 3 nitrogen and oxygen atoms in total. The Morgan fingerprint density at radius 1 is 1.29 bits per heavy atom. The van der Waals surface area contributed by atoms with E-state index in [1.54, 1.807) is 0 Å². The van der Waals surface area contributed by atoms with Crippen LogP contribution in [0.2, 0.25) is 0 Å². The molecule has 0 radical (unpaired) electrons. The fourth-order valence-corrected chi connectivity index (χ4v) is 2.34. The summed E-state index contributed by atoms with van der Waals surface area (Å²) in [5.74, 6) is 0. The molecule has 98 valence electrons. The van der Waals surface area contributed by atoms with Crippen molar-refractivity contribution in [3.8, 4) is 0 Å². The number of hydrogen-bond donors (Lipinski definition) is 2. The lowest BCUT2D eigenvalue weighted by atomic mass is 9.92. The van der Waals surface area contributed by atoms with E-state index in [1.165, 1.54) is 5.56 Å². The molecule has 0 spiro atoms. The monoisotopic (exact) mass is 238 g/mol. The Morgan fingerprint density at radius 2 is 1.94 bits per heavy atom. The number of rotatable bonds is 8. The van der Waals surface area contributed by atoms with E-state index in [1.807, 2.05) is 17.8 Å². The van der Waals surface area contributed by atoms with Crippen molar-refractivity contribution in [2.75, 3.05) is 6.54 Å². The number of aromatic nitrogens is 1. The topological polar surface area (TPSA) is 37.2 Å². The van der Waals surface area contributed by atoms with E-state index in [4.69, 9.17) is 0 Å².